The lowest BCUT2D eigenvalue weighted by atomic mass is 9.92. The quantitative estimate of drug-likeness (QED) is 0.397. The van der Waals surface area contributed by atoms with E-state index in [2.05, 4.69) is 27.3 Å². The van der Waals surface area contributed by atoms with Gasteiger partial charge in [0.2, 0.25) is 0 Å². The largest absolute Gasteiger partial charge is 0.391 e. The average molecular weight is 466 g/mol. The SMILES string of the molecule is Cn1cc(-c2ccc(Cc3cc4c(=O)n([C@H]5CCCC[C@@H]5O)ncc4c4ccccc34)cn2)cn1. The Balaban J connectivity index is 1.43. The van der Waals surface area contributed by atoms with E-state index in [0.717, 1.165) is 57.8 Å². The van der Waals surface area contributed by atoms with E-state index in [1.807, 2.05) is 49.8 Å². The molecule has 5 aromatic rings. The van der Waals surface area contributed by atoms with Gasteiger partial charge < -0.3 is 5.11 Å². The molecule has 7 nitrogen and oxygen atoms in total. The molecule has 1 aliphatic rings. The molecule has 1 fully saturated rings. The van der Waals surface area contributed by atoms with Crippen LogP contribution in [0.5, 0.6) is 0 Å². The second-order valence-electron chi connectivity index (χ2n) is 9.49. The van der Waals surface area contributed by atoms with Gasteiger partial charge in [-0.1, -0.05) is 43.2 Å². The Morgan fingerprint density at radius 3 is 2.51 bits per heavy atom. The van der Waals surface area contributed by atoms with Crippen molar-refractivity contribution in [1.82, 2.24) is 24.5 Å². The van der Waals surface area contributed by atoms with Crippen molar-refractivity contribution in [2.24, 2.45) is 7.05 Å². The van der Waals surface area contributed by atoms with Crippen LogP contribution in [0.15, 0.2) is 72.0 Å². The molecule has 6 rings (SSSR count). The maximum Gasteiger partial charge on any atom is 0.275 e. The molecule has 3 aromatic heterocycles. The summed E-state index contributed by atoms with van der Waals surface area (Å²) < 4.78 is 3.27. The molecule has 0 aliphatic heterocycles. The van der Waals surface area contributed by atoms with Gasteiger partial charge in [-0.2, -0.15) is 10.2 Å². The van der Waals surface area contributed by atoms with Crippen LogP contribution < -0.4 is 5.56 Å². The molecule has 3 heterocycles. The van der Waals surface area contributed by atoms with Crippen molar-refractivity contribution >= 4 is 21.5 Å². The van der Waals surface area contributed by atoms with Gasteiger partial charge in [0.1, 0.15) is 0 Å². The van der Waals surface area contributed by atoms with Crippen molar-refractivity contribution in [2.45, 2.75) is 44.2 Å². The van der Waals surface area contributed by atoms with Gasteiger partial charge >= 0.3 is 0 Å². The highest BCUT2D eigenvalue weighted by Gasteiger charge is 2.27. The summed E-state index contributed by atoms with van der Waals surface area (Å²) in [6.07, 6.45) is 11.0. The third-order valence-corrected chi connectivity index (χ3v) is 7.15. The van der Waals surface area contributed by atoms with Crippen molar-refractivity contribution in [2.75, 3.05) is 0 Å². The predicted molar refractivity (Wildman–Crippen MR) is 136 cm³/mol. The molecule has 176 valence electrons. The van der Waals surface area contributed by atoms with E-state index in [4.69, 9.17) is 0 Å². The zero-order chi connectivity index (χ0) is 23.9. The van der Waals surface area contributed by atoms with Crippen LogP contribution in [0.4, 0.5) is 0 Å². The maximum absolute atomic E-state index is 13.6. The van der Waals surface area contributed by atoms with E-state index in [1.165, 1.54) is 4.68 Å². The topological polar surface area (TPSA) is 85.8 Å². The first-order valence-corrected chi connectivity index (χ1v) is 12.1. The van der Waals surface area contributed by atoms with Crippen molar-refractivity contribution in [3.8, 4) is 11.3 Å². The van der Waals surface area contributed by atoms with Crippen LogP contribution in [0.2, 0.25) is 0 Å². The number of aliphatic hydroxyl groups is 1. The predicted octanol–water partition coefficient (Wildman–Crippen LogP) is 4.41. The molecule has 1 saturated carbocycles. The van der Waals surface area contributed by atoms with Crippen molar-refractivity contribution in [3.05, 3.63) is 88.7 Å². The minimum Gasteiger partial charge on any atom is -0.391 e. The number of nitrogens with zero attached hydrogens (tertiary/aromatic N) is 5. The van der Waals surface area contributed by atoms with Crippen LogP contribution in [0, 0.1) is 0 Å². The van der Waals surface area contributed by atoms with Gasteiger partial charge in [0, 0.05) is 30.4 Å². The van der Waals surface area contributed by atoms with Crippen LogP contribution in [0.25, 0.3) is 32.8 Å². The van der Waals surface area contributed by atoms with E-state index < -0.39 is 6.10 Å². The fraction of sp³-hybridized carbons (Fsp3) is 0.286. The van der Waals surface area contributed by atoms with E-state index in [0.29, 0.717) is 18.2 Å². The molecule has 0 unspecified atom stereocenters. The number of benzene rings is 2. The molecule has 7 heteroatoms. The van der Waals surface area contributed by atoms with Gasteiger partial charge in [-0.25, -0.2) is 4.68 Å². The molecule has 0 saturated heterocycles. The summed E-state index contributed by atoms with van der Waals surface area (Å²) in [5.41, 5.74) is 3.87. The number of hydrogen-bond acceptors (Lipinski definition) is 5. The standard InChI is InChI=1S/C28H27N5O2/c1-32-17-20(15-30-32)25-11-10-18(14-29-25)12-19-13-23-24(22-7-3-2-6-21(19)22)16-31-33(28(23)35)26-8-4-5-9-27(26)34/h2-3,6-7,10-11,13-17,26-27,34H,4-5,8-9,12H2,1H3/t26-,27-/m0/s1. The number of aromatic nitrogens is 5. The Labute approximate surface area is 202 Å². The summed E-state index contributed by atoms with van der Waals surface area (Å²) >= 11 is 0. The zero-order valence-electron chi connectivity index (χ0n) is 19.6. The minimum absolute atomic E-state index is 0.134. The Morgan fingerprint density at radius 1 is 0.943 bits per heavy atom. The fourth-order valence-corrected chi connectivity index (χ4v) is 5.32. The lowest BCUT2D eigenvalue weighted by molar-refractivity contribution is 0.0672. The van der Waals surface area contributed by atoms with Gasteiger partial charge in [0.15, 0.2) is 0 Å². The highest BCUT2D eigenvalue weighted by atomic mass is 16.3. The van der Waals surface area contributed by atoms with Gasteiger partial charge in [0.05, 0.1) is 35.6 Å². The highest BCUT2D eigenvalue weighted by molar-refractivity contribution is 6.08. The van der Waals surface area contributed by atoms with Crippen LogP contribution in [0.3, 0.4) is 0 Å². The van der Waals surface area contributed by atoms with E-state index in [1.54, 1.807) is 17.1 Å². The lowest BCUT2D eigenvalue weighted by Gasteiger charge is -2.28. The third kappa shape index (κ3) is 3.91. The number of pyridine rings is 1. The second kappa shape index (κ2) is 8.74. The Bertz CT molecular complexity index is 1590. The summed E-state index contributed by atoms with van der Waals surface area (Å²) in [5.74, 6) is 0. The van der Waals surface area contributed by atoms with Crippen molar-refractivity contribution in [1.29, 1.82) is 0 Å². The molecule has 0 bridgehead atoms. The molecule has 0 radical (unpaired) electrons. The highest BCUT2D eigenvalue weighted by Crippen LogP contribution is 2.31. The van der Waals surface area contributed by atoms with Crippen LogP contribution >= 0.6 is 0 Å². The van der Waals surface area contributed by atoms with E-state index >= 15 is 0 Å². The third-order valence-electron chi connectivity index (χ3n) is 7.15. The van der Waals surface area contributed by atoms with Gasteiger partial charge in [-0.3, -0.25) is 14.5 Å². The molecular formula is C28H27N5O2. The van der Waals surface area contributed by atoms with Gasteiger partial charge in [-0.05, 0) is 53.3 Å². The molecule has 35 heavy (non-hydrogen) atoms. The molecule has 1 N–H and O–H groups in total. The Hall–Kier alpha value is -3.84. The number of hydrogen-bond donors (Lipinski definition) is 1. The second-order valence-corrected chi connectivity index (χ2v) is 9.49. The summed E-state index contributed by atoms with van der Waals surface area (Å²) in [6.45, 7) is 0. The minimum atomic E-state index is -0.532. The first-order chi connectivity index (χ1) is 17.1. The molecule has 2 aromatic carbocycles. The van der Waals surface area contributed by atoms with E-state index in [-0.39, 0.29) is 11.6 Å². The first kappa shape index (κ1) is 21.7. The molecule has 1 aliphatic carbocycles. The Kier molecular flexibility index (Phi) is 5.41. The van der Waals surface area contributed by atoms with Gasteiger partial charge in [-0.15, -0.1) is 0 Å². The van der Waals surface area contributed by atoms with Crippen molar-refractivity contribution in [3.63, 3.8) is 0 Å². The first-order valence-electron chi connectivity index (χ1n) is 12.1. The summed E-state index contributed by atoms with van der Waals surface area (Å²) in [7, 11) is 1.89. The number of rotatable bonds is 4. The van der Waals surface area contributed by atoms with Crippen molar-refractivity contribution < 1.29 is 5.11 Å². The average Bonchev–Trinajstić information content (AvgIpc) is 3.32. The summed E-state index contributed by atoms with van der Waals surface area (Å²) in [6, 6.07) is 14.0. The smallest absolute Gasteiger partial charge is 0.275 e. The molecule has 0 amide bonds. The zero-order valence-corrected chi connectivity index (χ0v) is 19.6. The number of aliphatic hydroxyl groups excluding tert-OH is 1. The number of fused-ring (bicyclic) bond motifs is 3. The summed E-state index contributed by atoms with van der Waals surface area (Å²) in [5, 5.41) is 22.9. The van der Waals surface area contributed by atoms with Gasteiger partial charge in [0.25, 0.3) is 5.56 Å². The van der Waals surface area contributed by atoms with Crippen LogP contribution in [-0.2, 0) is 13.5 Å². The lowest BCUT2D eigenvalue weighted by Crippen LogP contribution is -2.36. The van der Waals surface area contributed by atoms with Crippen LogP contribution in [0.1, 0.15) is 42.9 Å². The van der Waals surface area contributed by atoms with E-state index in [9.17, 15) is 9.90 Å². The number of aryl methyl sites for hydroxylation is 1. The van der Waals surface area contributed by atoms with Crippen LogP contribution in [-0.4, -0.2) is 35.8 Å². The fourth-order valence-electron chi connectivity index (χ4n) is 5.32. The molecule has 0 spiro atoms. The molecule has 2 atom stereocenters. The molecular weight excluding hydrogens is 438 g/mol. The summed E-state index contributed by atoms with van der Waals surface area (Å²) in [4.78, 5) is 18.2. The monoisotopic (exact) mass is 465 g/mol. The Morgan fingerprint density at radius 2 is 1.77 bits per heavy atom. The maximum atomic E-state index is 13.6. The normalized spacial score (nSPS) is 18.3.